The molecule has 4 rings (SSSR count). The highest BCUT2D eigenvalue weighted by atomic mass is 32.2. The van der Waals surface area contributed by atoms with Gasteiger partial charge in [-0.2, -0.15) is 0 Å². The van der Waals surface area contributed by atoms with Crippen LogP contribution in [0.1, 0.15) is 28.4 Å². The van der Waals surface area contributed by atoms with Crippen LogP contribution in [0.5, 0.6) is 5.75 Å². The molecule has 0 unspecified atom stereocenters. The highest BCUT2D eigenvalue weighted by molar-refractivity contribution is 8.00. The summed E-state index contributed by atoms with van der Waals surface area (Å²) < 4.78 is 10.6. The molecule has 1 atom stereocenters. The number of carbonyl (C=O) groups is 2. The van der Waals surface area contributed by atoms with Crippen LogP contribution in [0.15, 0.2) is 71.3 Å². The van der Waals surface area contributed by atoms with Gasteiger partial charge in [0.1, 0.15) is 11.1 Å². The largest absolute Gasteiger partial charge is 0.494 e. The summed E-state index contributed by atoms with van der Waals surface area (Å²) in [4.78, 5) is 26.6. The summed E-state index contributed by atoms with van der Waals surface area (Å²) in [5.41, 5.74) is 2.40. The van der Waals surface area contributed by atoms with E-state index >= 15 is 0 Å². The van der Waals surface area contributed by atoms with Gasteiger partial charge in [-0.05, 0) is 61.0 Å². The molecule has 6 nitrogen and oxygen atoms in total. The van der Waals surface area contributed by atoms with Gasteiger partial charge in [0.25, 0.3) is 5.91 Å². The van der Waals surface area contributed by atoms with Crippen LogP contribution in [0.25, 0.3) is 0 Å². The average molecular weight is 408 g/mol. The van der Waals surface area contributed by atoms with Gasteiger partial charge in [-0.3, -0.25) is 14.5 Å². The Hall–Kier alpha value is -3.19. The Balaban J connectivity index is 1.56. The molecule has 29 heavy (non-hydrogen) atoms. The molecule has 148 valence electrons. The maximum absolute atomic E-state index is 12.6. The molecule has 0 aliphatic carbocycles. The van der Waals surface area contributed by atoms with Gasteiger partial charge in [0.2, 0.25) is 5.91 Å². The number of amides is 2. The summed E-state index contributed by atoms with van der Waals surface area (Å²) in [6.07, 6.45) is 1.46. The zero-order chi connectivity index (χ0) is 20.2. The maximum Gasteiger partial charge on any atom is 0.291 e. The van der Waals surface area contributed by atoms with Gasteiger partial charge in [-0.15, -0.1) is 11.8 Å². The predicted octanol–water partition coefficient (Wildman–Crippen LogP) is 4.71. The van der Waals surface area contributed by atoms with Crippen LogP contribution >= 0.6 is 11.8 Å². The lowest BCUT2D eigenvalue weighted by atomic mass is 10.1. The minimum atomic E-state index is -0.314. The molecule has 7 heteroatoms. The Bertz CT molecular complexity index is 1000. The molecule has 1 saturated heterocycles. The van der Waals surface area contributed by atoms with E-state index in [4.69, 9.17) is 9.15 Å². The third kappa shape index (κ3) is 4.14. The van der Waals surface area contributed by atoms with Crippen molar-refractivity contribution in [2.45, 2.75) is 12.3 Å². The molecule has 0 bridgehead atoms. The van der Waals surface area contributed by atoms with E-state index in [9.17, 15) is 9.59 Å². The third-order valence-electron chi connectivity index (χ3n) is 4.47. The molecule has 1 fully saturated rings. The lowest BCUT2D eigenvalue weighted by Crippen LogP contribution is -2.27. The fourth-order valence-corrected chi connectivity index (χ4v) is 4.36. The minimum absolute atomic E-state index is 0.0502. The van der Waals surface area contributed by atoms with Crippen molar-refractivity contribution in [3.05, 3.63) is 78.3 Å². The second-order valence-electron chi connectivity index (χ2n) is 6.41. The van der Waals surface area contributed by atoms with E-state index in [-0.39, 0.29) is 22.9 Å². The first kappa shape index (κ1) is 19.1. The number of rotatable bonds is 6. The van der Waals surface area contributed by atoms with Gasteiger partial charge in [-0.1, -0.05) is 12.1 Å². The van der Waals surface area contributed by atoms with E-state index in [1.54, 1.807) is 28.8 Å². The Morgan fingerprint density at radius 2 is 2.03 bits per heavy atom. The zero-order valence-corrected chi connectivity index (χ0v) is 16.6. The molecule has 1 aromatic heterocycles. The van der Waals surface area contributed by atoms with Crippen molar-refractivity contribution in [2.75, 3.05) is 22.6 Å². The van der Waals surface area contributed by atoms with E-state index in [1.807, 2.05) is 55.5 Å². The van der Waals surface area contributed by atoms with Gasteiger partial charge in [0.05, 0.1) is 18.6 Å². The van der Waals surface area contributed by atoms with Crippen molar-refractivity contribution in [3.8, 4) is 5.75 Å². The number of anilines is 2. The van der Waals surface area contributed by atoms with Crippen molar-refractivity contribution in [3.63, 3.8) is 0 Å². The standard InChI is InChI=1S/C22H20N2O4S/c1-2-27-18-10-8-17(9-11-18)24-20(25)14-29-22(24)15-5-3-6-16(13-15)23-21(26)19-7-4-12-28-19/h3-13,22H,2,14H2,1H3,(H,23,26)/t22-/m0/s1. The summed E-state index contributed by atoms with van der Waals surface area (Å²) in [5, 5.41) is 2.67. The van der Waals surface area contributed by atoms with Crippen LogP contribution in [0.4, 0.5) is 11.4 Å². The minimum Gasteiger partial charge on any atom is -0.494 e. The Morgan fingerprint density at radius 1 is 1.21 bits per heavy atom. The van der Waals surface area contributed by atoms with Gasteiger partial charge in [-0.25, -0.2) is 0 Å². The van der Waals surface area contributed by atoms with Gasteiger partial charge in [0.15, 0.2) is 5.76 Å². The molecule has 3 aromatic rings. The first-order chi connectivity index (χ1) is 14.2. The molecule has 0 saturated carbocycles. The molecule has 1 N–H and O–H groups in total. The molecule has 0 spiro atoms. The topological polar surface area (TPSA) is 71.8 Å². The molecular formula is C22H20N2O4S. The predicted molar refractivity (Wildman–Crippen MR) is 113 cm³/mol. The van der Waals surface area contributed by atoms with Gasteiger partial charge >= 0.3 is 0 Å². The van der Waals surface area contributed by atoms with Crippen LogP contribution in [0.2, 0.25) is 0 Å². The van der Waals surface area contributed by atoms with Crippen LogP contribution in [0, 0.1) is 0 Å². The second kappa shape index (κ2) is 8.45. The lowest BCUT2D eigenvalue weighted by molar-refractivity contribution is -0.115. The van der Waals surface area contributed by atoms with E-state index in [1.165, 1.54) is 6.26 Å². The van der Waals surface area contributed by atoms with Crippen LogP contribution in [-0.2, 0) is 4.79 Å². The third-order valence-corrected chi connectivity index (χ3v) is 5.68. The van der Waals surface area contributed by atoms with Gasteiger partial charge in [0, 0.05) is 11.4 Å². The Morgan fingerprint density at radius 3 is 2.76 bits per heavy atom. The summed E-state index contributed by atoms with van der Waals surface area (Å²) in [5.74, 6) is 1.16. The highest BCUT2D eigenvalue weighted by Crippen LogP contribution is 2.42. The van der Waals surface area contributed by atoms with E-state index in [2.05, 4.69) is 5.32 Å². The van der Waals surface area contributed by atoms with Crippen molar-refractivity contribution in [2.24, 2.45) is 0 Å². The number of nitrogens with zero attached hydrogens (tertiary/aromatic N) is 1. The number of carbonyl (C=O) groups excluding carboxylic acids is 2. The second-order valence-corrected chi connectivity index (χ2v) is 7.48. The number of ether oxygens (including phenoxy) is 1. The van der Waals surface area contributed by atoms with Crippen molar-refractivity contribution < 1.29 is 18.7 Å². The highest BCUT2D eigenvalue weighted by Gasteiger charge is 2.34. The zero-order valence-electron chi connectivity index (χ0n) is 15.8. The molecule has 2 aromatic carbocycles. The molecule has 1 aliphatic rings. The van der Waals surface area contributed by atoms with Crippen LogP contribution in [0.3, 0.4) is 0 Å². The van der Waals surface area contributed by atoms with Crippen molar-refractivity contribution in [1.29, 1.82) is 0 Å². The van der Waals surface area contributed by atoms with E-state index in [0.29, 0.717) is 18.0 Å². The number of benzene rings is 2. The first-order valence-corrected chi connectivity index (χ1v) is 10.3. The summed E-state index contributed by atoms with van der Waals surface area (Å²) in [6, 6.07) is 18.3. The molecule has 1 aliphatic heterocycles. The summed E-state index contributed by atoms with van der Waals surface area (Å²) in [7, 11) is 0. The fraction of sp³-hybridized carbons (Fsp3) is 0.182. The smallest absolute Gasteiger partial charge is 0.291 e. The van der Waals surface area contributed by atoms with Crippen LogP contribution in [-0.4, -0.2) is 24.2 Å². The fourth-order valence-electron chi connectivity index (χ4n) is 3.19. The monoisotopic (exact) mass is 408 g/mol. The van der Waals surface area contributed by atoms with E-state index in [0.717, 1.165) is 17.0 Å². The van der Waals surface area contributed by atoms with E-state index < -0.39 is 0 Å². The summed E-state index contributed by atoms with van der Waals surface area (Å²) in [6.45, 7) is 2.53. The number of hydrogen-bond donors (Lipinski definition) is 1. The molecule has 0 radical (unpaired) electrons. The Kier molecular flexibility index (Phi) is 5.57. The number of furan rings is 1. The van der Waals surface area contributed by atoms with Crippen LogP contribution < -0.4 is 15.0 Å². The quantitative estimate of drug-likeness (QED) is 0.640. The molecular weight excluding hydrogens is 388 g/mol. The summed E-state index contributed by atoms with van der Waals surface area (Å²) >= 11 is 1.56. The Labute approximate surface area is 172 Å². The molecule has 2 amide bonds. The number of thioether (sulfide) groups is 1. The SMILES string of the molecule is CCOc1ccc(N2C(=O)CS[C@H]2c2cccc(NC(=O)c3ccco3)c2)cc1. The van der Waals surface area contributed by atoms with Crippen molar-refractivity contribution in [1.82, 2.24) is 0 Å². The van der Waals surface area contributed by atoms with Gasteiger partial charge < -0.3 is 14.5 Å². The number of hydrogen-bond acceptors (Lipinski definition) is 5. The first-order valence-electron chi connectivity index (χ1n) is 9.27. The average Bonchev–Trinajstić information content (AvgIpc) is 3.39. The number of nitrogens with one attached hydrogen (secondary N) is 1. The molecule has 2 heterocycles. The maximum atomic E-state index is 12.6. The van der Waals surface area contributed by atoms with Crippen molar-refractivity contribution >= 4 is 35.0 Å². The normalized spacial score (nSPS) is 16.1. The lowest BCUT2D eigenvalue weighted by Gasteiger charge is -2.25.